The molecule has 0 bridgehead atoms. The third kappa shape index (κ3) is 4.53. The average Bonchev–Trinajstić information content (AvgIpc) is 3.15. The first-order valence-electron chi connectivity index (χ1n) is 10.8. The van der Waals surface area contributed by atoms with Gasteiger partial charge in [0.05, 0.1) is 6.54 Å². The molecule has 2 saturated heterocycles. The largest absolute Gasteiger partial charge is 0.343 e. The smallest absolute Gasteiger partial charge is 0.223 e. The van der Waals surface area contributed by atoms with E-state index in [-0.39, 0.29) is 5.41 Å². The van der Waals surface area contributed by atoms with Crippen LogP contribution in [-0.4, -0.2) is 56.7 Å². The topological polar surface area (TPSA) is 54.3 Å². The van der Waals surface area contributed by atoms with Gasteiger partial charge < -0.3 is 9.47 Å². The van der Waals surface area contributed by atoms with Crippen molar-refractivity contribution in [2.75, 3.05) is 26.2 Å². The van der Waals surface area contributed by atoms with Gasteiger partial charge in [0.2, 0.25) is 5.91 Å². The highest BCUT2D eigenvalue weighted by molar-refractivity contribution is 5.76. The second kappa shape index (κ2) is 7.53. The number of carbonyl (C=O) groups excluding carboxylic acids is 1. The summed E-state index contributed by atoms with van der Waals surface area (Å²) in [4.78, 5) is 17.1. The first-order valence-corrected chi connectivity index (χ1v) is 10.8. The molecule has 3 fully saturated rings. The van der Waals surface area contributed by atoms with E-state index in [2.05, 4.69) is 45.3 Å². The van der Waals surface area contributed by atoms with Gasteiger partial charge in [-0.15, -0.1) is 10.2 Å². The minimum atomic E-state index is 0.0601. The number of piperidine rings is 1. The molecule has 1 saturated carbocycles. The summed E-state index contributed by atoms with van der Waals surface area (Å²) < 4.78 is 2.47. The van der Waals surface area contributed by atoms with Crippen molar-refractivity contribution in [1.29, 1.82) is 0 Å². The van der Waals surface area contributed by atoms with Crippen LogP contribution in [0, 0.1) is 5.41 Å². The van der Waals surface area contributed by atoms with Gasteiger partial charge in [0, 0.05) is 31.5 Å². The molecule has 1 aromatic rings. The molecular weight excluding hydrogens is 338 g/mol. The Morgan fingerprint density at radius 3 is 2.26 bits per heavy atom. The molecule has 2 aliphatic heterocycles. The van der Waals surface area contributed by atoms with Gasteiger partial charge >= 0.3 is 0 Å². The van der Waals surface area contributed by atoms with Gasteiger partial charge in [0.1, 0.15) is 11.6 Å². The van der Waals surface area contributed by atoms with Gasteiger partial charge in [0.15, 0.2) is 0 Å². The van der Waals surface area contributed by atoms with Crippen molar-refractivity contribution in [3.05, 3.63) is 11.6 Å². The quantitative estimate of drug-likeness (QED) is 0.794. The number of hydrogen-bond donors (Lipinski definition) is 0. The summed E-state index contributed by atoms with van der Waals surface area (Å²) in [7, 11) is 0. The van der Waals surface area contributed by atoms with Crippen LogP contribution in [0.4, 0.5) is 0 Å². The summed E-state index contributed by atoms with van der Waals surface area (Å²) in [5.41, 5.74) is 0.0601. The second-order valence-electron chi connectivity index (χ2n) is 9.95. The minimum absolute atomic E-state index is 0.0601. The van der Waals surface area contributed by atoms with Crippen molar-refractivity contribution in [2.24, 2.45) is 5.41 Å². The van der Waals surface area contributed by atoms with Crippen LogP contribution in [0.25, 0.3) is 0 Å². The highest BCUT2D eigenvalue weighted by atomic mass is 16.2. The molecule has 0 spiro atoms. The number of aromatic nitrogens is 3. The molecule has 27 heavy (non-hydrogen) atoms. The van der Waals surface area contributed by atoms with Gasteiger partial charge in [-0.2, -0.15) is 0 Å². The lowest BCUT2D eigenvalue weighted by Crippen LogP contribution is -2.39. The monoisotopic (exact) mass is 373 g/mol. The summed E-state index contributed by atoms with van der Waals surface area (Å²) in [6.45, 7) is 11.5. The van der Waals surface area contributed by atoms with Crippen molar-refractivity contribution >= 4 is 5.91 Å². The lowest BCUT2D eigenvalue weighted by Gasteiger charge is -2.33. The zero-order valence-corrected chi connectivity index (χ0v) is 17.3. The molecule has 1 aliphatic carbocycles. The standard InChI is InChI=1S/C21H35N5O/c1-21(2,3)14-19(27)25-12-8-16(9-13-25)20-23-22-18(26(20)17-6-7-17)15-24-10-4-5-11-24/h16-17H,4-15H2,1-3H3. The van der Waals surface area contributed by atoms with Crippen molar-refractivity contribution in [1.82, 2.24) is 24.6 Å². The maximum atomic E-state index is 12.5. The van der Waals surface area contributed by atoms with E-state index in [1.165, 1.54) is 50.4 Å². The molecule has 0 unspecified atom stereocenters. The first kappa shape index (κ1) is 18.9. The molecule has 6 heteroatoms. The number of rotatable bonds is 5. The number of amides is 1. The molecule has 3 heterocycles. The van der Waals surface area contributed by atoms with Gasteiger partial charge in [-0.25, -0.2) is 0 Å². The Balaban J connectivity index is 1.41. The van der Waals surface area contributed by atoms with E-state index >= 15 is 0 Å². The minimum Gasteiger partial charge on any atom is -0.343 e. The normalized spacial score (nSPS) is 22.6. The van der Waals surface area contributed by atoms with Crippen molar-refractivity contribution in [3.8, 4) is 0 Å². The van der Waals surface area contributed by atoms with E-state index in [0.29, 0.717) is 24.3 Å². The van der Waals surface area contributed by atoms with E-state index in [1.54, 1.807) is 0 Å². The van der Waals surface area contributed by atoms with Gasteiger partial charge in [-0.05, 0) is 57.0 Å². The fraction of sp³-hybridized carbons (Fsp3) is 0.857. The van der Waals surface area contributed by atoms with Crippen LogP contribution >= 0.6 is 0 Å². The lowest BCUT2D eigenvalue weighted by atomic mass is 9.90. The van der Waals surface area contributed by atoms with Crippen molar-refractivity contribution in [3.63, 3.8) is 0 Å². The summed E-state index contributed by atoms with van der Waals surface area (Å²) in [5, 5.41) is 9.26. The first-order chi connectivity index (χ1) is 12.9. The summed E-state index contributed by atoms with van der Waals surface area (Å²) >= 11 is 0. The zero-order valence-electron chi connectivity index (χ0n) is 17.3. The number of hydrogen-bond acceptors (Lipinski definition) is 4. The summed E-state index contributed by atoms with van der Waals surface area (Å²) in [6.07, 6.45) is 7.82. The Hall–Kier alpha value is -1.43. The van der Waals surface area contributed by atoms with Crippen LogP contribution in [0.5, 0.6) is 0 Å². The maximum absolute atomic E-state index is 12.5. The molecule has 4 rings (SSSR count). The summed E-state index contributed by atoms with van der Waals surface area (Å²) in [6, 6.07) is 0.619. The van der Waals surface area contributed by atoms with E-state index in [1.807, 2.05) is 0 Å². The van der Waals surface area contributed by atoms with Gasteiger partial charge in [-0.3, -0.25) is 9.69 Å². The fourth-order valence-corrected chi connectivity index (χ4v) is 4.55. The molecule has 1 amide bonds. The Labute approximate surface area is 163 Å². The number of carbonyl (C=O) groups is 1. The predicted molar refractivity (Wildman–Crippen MR) is 105 cm³/mol. The third-order valence-corrected chi connectivity index (χ3v) is 6.16. The lowest BCUT2D eigenvalue weighted by molar-refractivity contribution is -0.134. The third-order valence-electron chi connectivity index (χ3n) is 6.16. The van der Waals surface area contributed by atoms with Gasteiger partial charge in [0.25, 0.3) is 0 Å². The van der Waals surface area contributed by atoms with Crippen LogP contribution in [-0.2, 0) is 11.3 Å². The number of likely N-dealkylation sites (tertiary alicyclic amines) is 2. The molecule has 0 N–H and O–H groups in total. The molecular formula is C21H35N5O. The molecule has 0 radical (unpaired) electrons. The van der Waals surface area contributed by atoms with Gasteiger partial charge in [-0.1, -0.05) is 20.8 Å². The van der Waals surface area contributed by atoms with Crippen LogP contribution in [0.15, 0.2) is 0 Å². The Morgan fingerprint density at radius 2 is 1.67 bits per heavy atom. The molecule has 0 atom stereocenters. The summed E-state index contributed by atoms with van der Waals surface area (Å²) in [5.74, 6) is 3.11. The van der Waals surface area contributed by atoms with Crippen LogP contribution in [0.3, 0.4) is 0 Å². The zero-order chi connectivity index (χ0) is 19.0. The van der Waals surface area contributed by atoms with Crippen molar-refractivity contribution in [2.45, 2.75) is 84.2 Å². The van der Waals surface area contributed by atoms with Crippen molar-refractivity contribution < 1.29 is 4.79 Å². The van der Waals surface area contributed by atoms with Crippen LogP contribution < -0.4 is 0 Å². The maximum Gasteiger partial charge on any atom is 0.223 e. The molecule has 1 aromatic heterocycles. The molecule has 6 nitrogen and oxygen atoms in total. The molecule has 0 aromatic carbocycles. The Morgan fingerprint density at radius 1 is 1.00 bits per heavy atom. The average molecular weight is 374 g/mol. The predicted octanol–water partition coefficient (Wildman–Crippen LogP) is 3.35. The van der Waals surface area contributed by atoms with E-state index in [9.17, 15) is 4.79 Å². The fourth-order valence-electron chi connectivity index (χ4n) is 4.55. The highest BCUT2D eigenvalue weighted by Crippen LogP contribution is 2.40. The number of nitrogens with zero attached hydrogens (tertiary/aromatic N) is 5. The second-order valence-corrected chi connectivity index (χ2v) is 9.95. The highest BCUT2D eigenvalue weighted by Gasteiger charge is 2.35. The molecule has 150 valence electrons. The Kier molecular flexibility index (Phi) is 5.28. The van der Waals surface area contributed by atoms with E-state index < -0.39 is 0 Å². The van der Waals surface area contributed by atoms with Crippen LogP contribution in [0.2, 0.25) is 0 Å². The SMILES string of the molecule is CC(C)(C)CC(=O)N1CCC(c2nnc(CN3CCCC3)n2C2CC2)CC1. The van der Waals surface area contributed by atoms with Crippen LogP contribution in [0.1, 0.15) is 89.3 Å². The van der Waals surface area contributed by atoms with E-state index in [0.717, 1.165) is 32.5 Å². The Bertz CT molecular complexity index is 659. The van der Waals surface area contributed by atoms with E-state index in [4.69, 9.17) is 0 Å². The molecule has 3 aliphatic rings.